The van der Waals surface area contributed by atoms with Gasteiger partial charge in [0.25, 0.3) is 0 Å². The first kappa shape index (κ1) is 18.0. The highest BCUT2D eigenvalue weighted by Crippen LogP contribution is 2.23. The van der Waals surface area contributed by atoms with Gasteiger partial charge < -0.3 is 10.0 Å². The fourth-order valence-electron chi connectivity index (χ4n) is 3.38. The molecule has 8 nitrogen and oxygen atoms in total. The molecule has 1 amide bonds. The minimum absolute atomic E-state index is 0.185. The molecular formula is C18H23N5O3. The van der Waals surface area contributed by atoms with E-state index < -0.39 is 5.97 Å². The first-order valence-electron chi connectivity index (χ1n) is 8.92. The minimum Gasteiger partial charge on any atom is -0.478 e. The van der Waals surface area contributed by atoms with Gasteiger partial charge >= 0.3 is 5.97 Å². The maximum atomic E-state index is 12.3. The van der Waals surface area contributed by atoms with Gasteiger partial charge in [0.05, 0.1) is 5.56 Å². The van der Waals surface area contributed by atoms with Crippen LogP contribution in [0.2, 0.25) is 0 Å². The zero-order valence-electron chi connectivity index (χ0n) is 14.6. The fraction of sp³-hybridized carbons (Fsp3) is 0.500. The molecule has 26 heavy (non-hydrogen) atoms. The number of rotatable bonds is 7. The molecule has 1 aromatic carbocycles. The van der Waals surface area contributed by atoms with E-state index in [0.717, 1.165) is 44.3 Å². The van der Waals surface area contributed by atoms with Crippen molar-refractivity contribution in [3.63, 3.8) is 0 Å². The van der Waals surface area contributed by atoms with Gasteiger partial charge in [0.15, 0.2) is 0 Å². The normalized spacial score (nSPS) is 15.2. The highest BCUT2D eigenvalue weighted by Gasteiger charge is 2.22. The molecule has 0 atom stereocenters. The number of amides is 1. The van der Waals surface area contributed by atoms with Gasteiger partial charge in [-0.25, -0.2) is 9.48 Å². The molecule has 1 aliphatic heterocycles. The second-order valence-corrected chi connectivity index (χ2v) is 6.71. The molecule has 0 aliphatic carbocycles. The molecule has 0 unspecified atom stereocenters. The lowest BCUT2D eigenvalue weighted by Crippen LogP contribution is -2.38. The monoisotopic (exact) mass is 357 g/mol. The van der Waals surface area contributed by atoms with E-state index in [1.54, 1.807) is 29.2 Å². The van der Waals surface area contributed by atoms with Gasteiger partial charge in [-0.2, -0.15) is 0 Å². The van der Waals surface area contributed by atoms with E-state index in [9.17, 15) is 9.59 Å². The molecule has 1 aliphatic rings. The van der Waals surface area contributed by atoms with Crippen LogP contribution in [0.25, 0.3) is 0 Å². The molecule has 1 N–H and O–H groups in total. The van der Waals surface area contributed by atoms with Crippen molar-refractivity contribution in [2.24, 2.45) is 5.92 Å². The van der Waals surface area contributed by atoms with Crippen LogP contribution in [-0.2, 0) is 17.8 Å². The van der Waals surface area contributed by atoms with Crippen LogP contribution in [0.4, 0.5) is 0 Å². The average molecular weight is 357 g/mol. The summed E-state index contributed by atoms with van der Waals surface area (Å²) in [7, 11) is 0. The molecule has 0 radical (unpaired) electrons. The molecular weight excluding hydrogens is 334 g/mol. The number of aromatic carboxylic acids is 1. The third kappa shape index (κ3) is 4.87. The number of aryl methyl sites for hydroxylation is 1. The highest BCUT2D eigenvalue weighted by molar-refractivity contribution is 5.87. The number of hydrogen-bond acceptors (Lipinski definition) is 5. The van der Waals surface area contributed by atoms with E-state index in [4.69, 9.17) is 5.11 Å². The van der Waals surface area contributed by atoms with Crippen molar-refractivity contribution in [1.82, 2.24) is 25.1 Å². The third-order valence-corrected chi connectivity index (χ3v) is 4.83. The van der Waals surface area contributed by atoms with Crippen LogP contribution in [0.3, 0.4) is 0 Å². The summed E-state index contributed by atoms with van der Waals surface area (Å²) in [5.41, 5.74) is 1.38. The number of tetrazole rings is 1. The Balaban J connectivity index is 1.41. The van der Waals surface area contributed by atoms with Gasteiger partial charge in [0.2, 0.25) is 5.91 Å². The number of carbonyl (C=O) groups excluding carboxylic acids is 1. The van der Waals surface area contributed by atoms with Gasteiger partial charge in [-0.1, -0.05) is 12.1 Å². The Morgan fingerprint density at radius 1 is 1.23 bits per heavy atom. The Labute approximate surface area is 151 Å². The molecule has 0 bridgehead atoms. The van der Waals surface area contributed by atoms with Gasteiger partial charge in [-0.3, -0.25) is 4.79 Å². The van der Waals surface area contributed by atoms with Crippen molar-refractivity contribution < 1.29 is 14.7 Å². The number of benzene rings is 1. The lowest BCUT2D eigenvalue weighted by molar-refractivity contribution is -0.132. The Hall–Kier alpha value is -2.77. The van der Waals surface area contributed by atoms with Crippen LogP contribution < -0.4 is 0 Å². The maximum Gasteiger partial charge on any atom is 0.335 e. The molecule has 1 aromatic heterocycles. The van der Waals surface area contributed by atoms with E-state index in [1.165, 1.54) is 0 Å². The predicted molar refractivity (Wildman–Crippen MR) is 93.5 cm³/mol. The van der Waals surface area contributed by atoms with E-state index >= 15 is 0 Å². The Morgan fingerprint density at radius 2 is 2.04 bits per heavy atom. The topological polar surface area (TPSA) is 101 Å². The molecule has 0 saturated carbocycles. The smallest absolute Gasteiger partial charge is 0.335 e. The number of aromatic nitrogens is 4. The third-order valence-electron chi connectivity index (χ3n) is 4.83. The SMILES string of the molecule is O=C(O)c1cccc(CC2CCN(C(=O)CCCn3cnnn3)CC2)c1. The predicted octanol–water partition coefficient (Wildman–Crippen LogP) is 1.63. The molecule has 2 heterocycles. The van der Waals surface area contributed by atoms with Crippen LogP contribution in [0.1, 0.15) is 41.6 Å². The van der Waals surface area contributed by atoms with Crippen molar-refractivity contribution in [3.05, 3.63) is 41.7 Å². The summed E-state index contributed by atoms with van der Waals surface area (Å²) >= 11 is 0. The van der Waals surface area contributed by atoms with Crippen LogP contribution in [0.15, 0.2) is 30.6 Å². The molecule has 138 valence electrons. The van der Waals surface area contributed by atoms with Crippen LogP contribution in [0, 0.1) is 5.92 Å². The van der Waals surface area contributed by atoms with Gasteiger partial charge in [0, 0.05) is 26.1 Å². The number of hydrogen-bond donors (Lipinski definition) is 1. The average Bonchev–Trinajstić information content (AvgIpc) is 3.16. The van der Waals surface area contributed by atoms with Crippen molar-refractivity contribution >= 4 is 11.9 Å². The van der Waals surface area contributed by atoms with E-state index in [2.05, 4.69) is 15.5 Å². The summed E-state index contributed by atoms with van der Waals surface area (Å²) in [6, 6.07) is 7.13. The second-order valence-electron chi connectivity index (χ2n) is 6.71. The largest absolute Gasteiger partial charge is 0.478 e. The highest BCUT2D eigenvalue weighted by atomic mass is 16.4. The van der Waals surface area contributed by atoms with Gasteiger partial charge in [-0.05, 0) is 59.7 Å². The second kappa shape index (κ2) is 8.55. The van der Waals surface area contributed by atoms with E-state index in [0.29, 0.717) is 24.4 Å². The number of carboxylic acid groups (broad SMARTS) is 1. The molecule has 1 saturated heterocycles. The summed E-state index contributed by atoms with van der Waals surface area (Å²) in [5, 5.41) is 20.0. The molecule has 2 aromatic rings. The van der Waals surface area contributed by atoms with Crippen molar-refractivity contribution in [2.75, 3.05) is 13.1 Å². The first-order chi connectivity index (χ1) is 12.6. The van der Waals surface area contributed by atoms with Crippen molar-refractivity contribution in [3.8, 4) is 0 Å². The lowest BCUT2D eigenvalue weighted by Gasteiger charge is -2.32. The first-order valence-corrected chi connectivity index (χ1v) is 8.92. The molecule has 1 fully saturated rings. The quantitative estimate of drug-likeness (QED) is 0.808. The van der Waals surface area contributed by atoms with E-state index in [1.807, 2.05) is 11.0 Å². The molecule has 0 spiro atoms. The summed E-state index contributed by atoms with van der Waals surface area (Å²) < 4.78 is 1.63. The van der Waals surface area contributed by atoms with Crippen molar-refractivity contribution in [2.45, 2.75) is 38.6 Å². The van der Waals surface area contributed by atoms with E-state index in [-0.39, 0.29) is 5.91 Å². The Bertz CT molecular complexity index is 739. The summed E-state index contributed by atoms with van der Waals surface area (Å²) in [4.78, 5) is 25.3. The minimum atomic E-state index is -0.894. The summed E-state index contributed by atoms with van der Waals surface area (Å²) in [5.74, 6) is -0.220. The maximum absolute atomic E-state index is 12.3. The van der Waals surface area contributed by atoms with Crippen LogP contribution in [-0.4, -0.2) is 55.2 Å². The van der Waals surface area contributed by atoms with Gasteiger partial charge in [0.1, 0.15) is 6.33 Å². The molecule has 3 rings (SSSR count). The van der Waals surface area contributed by atoms with Crippen molar-refractivity contribution in [1.29, 1.82) is 0 Å². The zero-order valence-corrected chi connectivity index (χ0v) is 14.6. The number of carbonyl (C=O) groups is 2. The van der Waals surface area contributed by atoms with Gasteiger partial charge in [-0.15, -0.1) is 5.10 Å². The lowest BCUT2D eigenvalue weighted by atomic mass is 9.89. The van der Waals surface area contributed by atoms with Crippen LogP contribution >= 0.6 is 0 Å². The molecule has 8 heteroatoms. The van der Waals surface area contributed by atoms with Crippen LogP contribution in [0.5, 0.6) is 0 Å². The number of piperidine rings is 1. The zero-order chi connectivity index (χ0) is 18.4. The Kier molecular flexibility index (Phi) is 5.93. The summed E-state index contributed by atoms with van der Waals surface area (Å²) in [6.45, 7) is 2.19. The Morgan fingerprint density at radius 3 is 2.73 bits per heavy atom. The number of nitrogens with zero attached hydrogens (tertiary/aromatic N) is 5. The fourth-order valence-corrected chi connectivity index (χ4v) is 3.38. The number of likely N-dealkylation sites (tertiary alicyclic amines) is 1. The standard InChI is InChI=1S/C18H23N5O3/c24-17(5-2-8-23-13-19-20-21-23)22-9-6-14(7-10-22)11-15-3-1-4-16(12-15)18(25)26/h1,3-4,12-14H,2,5-11H2,(H,25,26). The number of carboxylic acids is 1. The summed E-state index contributed by atoms with van der Waals surface area (Å²) in [6.07, 6.45) is 5.56.